The van der Waals surface area contributed by atoms with Crippen LogP contribution in [0.3, 0.4) is 0 Å². The maximum Gasteiger partial charge on any atom is 0.218 e. The monoisotopic (exact) mass is 382 g/mol. The van der Waals surface area contributed by atoms with E-state index in [0.717, 1.165) is 0 Å². The molecule has 3 aromatic rings. The van der Waals surface area contributed by atoms with Crippen molar-refractivity contribution >= 4 is 62.8 Å². The van der Waals surface area contributed by atoms with Crippen LogP contribution in [0.4, 0.5) is 15.8 Å². The summed E-state index contributed by atoms with van der Waals surface area (Å²) in [6.45, 7) is 0. The second-order valence-electron chi connectivity index (χ2n) is 4.77. The van der Waals surface area contributed by atoms with Gasteiger partial charge in [0.2, 0.25) is 11.0 Å². The number of nitrogens with zero attached hydrogens (tertiary/aromatic N) is 2. The normalized spacial score (nSPS) is 11.3. The molecule has 0 fully saturated rings. The van der Waals surface area contributed by atoms with E-state index in [4.69, 9.17) is 35.4 Å². The highest BCUT2D eigenvalue weighted by Crippen LogP contribution is 2.35. The fraction of sp³-hybridized carbons (Fsp3) is 0. The van der Waals surface area contributed by atoms with Crippen molar-refractivity contribution in [2.24, 2.45) is 10.2 Å². The number of benzene rings is 2. The summed E-state index contributed by atoms with van der Waals surface area (Å²) in [7, 11) is 0. The summed E-state index contributed by atoms with van der Waals surface area (Å²) in [5, 5.41) is 21.6. The number of hydrogen-bond acceptors (Lipinski definition) is 3. The smallest absolute Gasteiger partial charge is 0.218 e. The highest BCUT2D eigenvalue weighted by Gasteiger charge is 2.11. The third-order valence-corrected chi connectivity index (χ3v) is 4.05. The van der Waals surface area contributed by atoms with Gasteiger partial charge in [0.25, 0.3) is 0 Å². The van der Waals surface area contributed by atoms with Gasteiger partial charge < -0.3 is 15.4 Å². The van der Waals surface area contributed by atoms with Crippen LogP contribution in [-0.4, -0.2) is 15.2 Å². The molecule has 9 heteroatoms. The molecule has 0 atom stereocenters. The molecule has 0 unspecified atom stereocenters. The van der Waals surface area contributed by atoms with E-state index in [1.54, 1.807) is 18.2 Å². The van der Waals surface area contributed by atoms with Crippen molar-refractivity contribution in [3.05, 3.63) is 52.3 Å². The summed E-state index contributed by atoms with van der Waals surface area (Å²) in [5.41, 5.74) is 1.22. The van der Waals surface area contributed by atoms with Crippen LogP contribution in [0.5, 0.6) is 5.88 Å². The lowest BCUT2D eigenvalue weighted by Crippen LogP contribution is -2.04. The SMILES string of the molecule is Oc1[nH]c2ccc(F)cc2c1N=NC(=S)Nc1ccc(Cl)c(Cl)c1. The van der Waals surface area contributed by atoms with E-state index in [-0.39, 0.29) is 16.7 Å². The van der Waals surface area contributed by atoms with Gasteiger partial charge in [0.1, 0.15) is 5.82 Å². The fourth-order valence-electron chi connectivity index (χ4n) is 2.05. The first kappa shape index (κ1) is 16.6. The van der Waals surface area contributed by atoms with Gasteiger partial charge in [-0.05, 0) is 48.6 Å². The number of thiocarbonyl (C=S) groups is 1. The lowest BCUT2D eigenvalue weighted by atomic mass is 10.2. The van der Waals surface area contributed by atoms with Gasteiger partial charge in [-0.3, -0.25) is 0 Å². The summed E-state index contributed by atoms with van der Waals surface area (Å²) in [5.74, 6) is -0.675. The van der Waals surface area contributed by atoms with Crippen molar-refractivity contribution in [3.63, 3.8) is 0 Å². The minimum Gasteiger partial charge on any atom is -0.493 e. The zero-order valence-corrected chi connectivity index (χ0v) is 14.2. The van der Waals surface area contributed by atoms with Gasteiger partial charge in [0, 0.05) is 11.1 Å². The number of anilines is 1. The molecule has 0 aliphatic heterocycles. The average molecular weight is 383 g/mol. The Morgan fingerprint density at radius 3 is 2.71 bits per heavy atom. The van der Waals surface area contributed by atoms with Crippen molar-refractivity contribution < 1.29 is 9.50 Å². The largest absolute Gasteiger partial charge is 0.493 e. The molecular weight excluding hydrogens is 374 g/mol. The molecule has 122 valence electrons. The first-order chi connectivity index (χ1) is 11.4. The van der Waals surface area contributed by atoms with Gasteiger partial charge >= 0.3 is 0 Å². The van der Waals surface area contributed by atoms with Crippen LogP contribution in [-0.2, 0) is 0 Å². The molecule has 0 bridgehead atoms. The van der Waals surface area contributed by atoms with Crippen molar-refractivity contribution in [1.29, 1.82) is 0 Å². The maximum absolute atomic E-state index is 13.4. The minimum atomic E-state index is -0.450. The maximum atomic E-state index is 13.4. The minimum absolute atomic E-state index is 0.0403. The van der Waals surface area contributed by atoms with E-state index in [0.29, 0.717) is 26.6 Å². The van der Waals surface area contributed by atoms with Gasteiger partial charge in [0.15, 0.2) is 5.69 Å². The van der Waals surface area contributed by atoms with Crippen LogP contribution >= 0.6 is 35.4 Å². The second kappa shape index (κ2) is 6.72. The first-order valence-electron chi connectivity index (χ1n) is 6.62. The Morgan fingerprint density at radius 1 is 1.17 bits per heavy atom. The summed E-state index contributed by atoms with van der Waals surface area (Å²) < 4.78 is 13.4. The lowest BCUT2D eigenvalue weighted by molar-refractivity contribution is 0.459. The molecule has 3 rings (SSSR count). The molecule has 0 aliphatic carbocycles. The molecule has 5 nitrogen and oxygen atoms in total. The summed E-state index contributed by atoms with van der Waals surface area (Å²) >= 11 is 16.8. The molecule has 1 aromatic heterocycles. The number of aromatic amines is 1. The van der Waals surface area contributed by atoms with Gasteiger partial charge in [-0.1, -0.05) is 23.2 Å². The summed E-state index contributed by atoms with van der Waals surface area (Å²) in [6, 6.07) is 8.89. The number of hydrogen-bond donors (Lipinski definition) is 3. The topological polar surface area (TPSA) is 72.8 Å². The number of nitrogens with one attached hydrogen (secondary N) is 2. The molecule has 0 saturated heterocycles. The predicted octanol–water partition coefficient (Wildman–Crippen LogP) is 5.80. The summed E-state index contributed by atoms with van der Waals surface area (Å²) in [4.78, 5) is 2.68. The molecule has 0 radical (unpaired) electrons. The molecule has 3 N–H and O–H groups in total. The first-order valence-corrected chi connectivity index (χ1v) is 7.78. The number of halogens is 3. The van der Waals surface area contributed by atoms with Crippen LogP contribution in [0, 0.1) is 5.82 Å². The molecule has 0 amide bonds. The Kier molecular flexibility index (Phi) is 4.66. The molecule has 0 aliphatic rings. The Labute approximate surface area is 151 Å². The van der Waals surface area contributed by atoms with Gasteiger partial charge in [-0.2, -0.15) is 0 Å². The fourth-order valence-corrected chi connectivity index (χ4v) is 2.51. The number of H-pyrrole nitrogens is 1. The zero-order valence-electron chi connectivity index (χ0n) is 11.8. The highest BCUT2D eigenvalue weighted by atomic mass is 35.5. The number of aromatic nitrogens is 1. The zero-order chi connectivity index (χ0) is 17.3. The van der Waals surface area contributed by atoms with E-state index < -0.39 is 5.82 Å². The third kappa shape index (κ3) is 3.48. The summed E-state index contributed by atoms with van der Waals surface area (Å²) in [6.07, 6.45) is 0. The van der Waals surface area contributed by atoms with Crippen LogP contribution in [0.1, 0.15) is 0 Å². The van der Waals surface area contributed by atoms with Crippen molar-refractivity contribution in [2.75, 3.05) is 5.32 Å². The van der Waals surface area contributed by atoms with Crippen molar-refractivity contribution in [3.8, 4) is 5.88 Å². The molecule has 0 spiro atoms. The Bertz CT molecular complexity index is 974. The van der Waals surface area contributed by atoms with E-state index in [2.05, 4.69) is 20.5 Å². The van der Waals surface area contributed by atoms with E-state index in [1.807, 2.05) is 0 Å². The van der Waals surface area contributed by atoms with Crippen LogP contribution in [0.2, 0.25) is 10.0 Å². The molecule has 0 saturated carbocycles. The number of azo groups is 1. The number of aromatic hydroxyl groups is 1. The van der Waals surface area contributed by atoms with Crippen LogP contribution < -0.4 is 5.32 Å². The van der Waals surface area contributed by atoms with Crippen LogP contribution in [0.15, 0.2) is 46.6 Å². The lowest BCUT2D eigenvalue weighted by Gasteiger charge is -2.04. The quantitative estimate of drug-likeness (QED) is 0.387. The van der Waals surface area contributed by atoms with E-state index >= 15 is 0 Å². The van der Waals surface area contributed by atoms with Crippen LogP contribution in [0.25, 0.3) is 10.9 Å². The standard InChI is InChI=1S/C15H9Cl2FN4OS/c16-10-3-2-8(6-11(10)17)19-15(24)22-21-13-9-5-7(18)1-4-12(9)20-14(13)23/h1-6,20,23H,(H,19,24). The molecule has 2 aromatic carbocycles. The molecule has 24 heavy (non-hydrogen) atoms. The van der Waals surface area contributed by atoms with E-state index in [1.165, 1.54) is 18.2 Å². The number of fused-ring (bicyclic) bond motifs is 1. The molecule has 1 heterocycles. The second-order valence-corrected chi connectivity index (χ2v) is 5.97. The molecular formula is C15H9Cl2FN4OS. The predicted molar refractivity (Wildman–Crippen MR) is 97.1 cm³/mol. The van der Waals surface area contributed by atoms with Gasteiger partial charge in [0.05, 0.1) is 15.6 Å². The Hall–Kier alpha value is -2.22. The van der Waals surface area contributed by atoms with Crippen molar-refractivity contribution in [1.82, 2.24) is 4.98 Å². The van der Waals surface area contributed by atoms with Crippen molar-refractivity contribution in [2.45, 2.75) is 0 Å². The Balaban J connectivity index is 1.82. The van der Waals surface area contributed by atoms with Gasteiger partial charge in [-0.25, -0.2) is 4.39 Å². The average Bonchev–Trinajstić information content (AvgIpc) is 2.84. The Morgan fingerprint density at radius 2 is 1.96 bits per heavy atom. The number of rotatable bonds is 2. The van der Waals surface area contributed by atoms with Gasteiger partial charge in [-0.15, -0.1) is 10.2 Å². The third-order valence-electron chi connectivity index (χ3n) is 3.13. The highest BCUT2D eigenvalue weighted by molar-refractivity contribution is 7.80. The van der Waals surface area contributed by atoms with E-state index in [9.17, 15) is 9.50 Å².